The molecule has 0 fully saturated rings. The summed E-state index contributed by atoms with van der Waals surface area (Å²) >= 11 is 0. The van der Waals surface area contributed by atoms with E-state index in [9.17, 15) is 9.59 Å². The zero-order valence-electron chi connectivity index (χ0n) is 16.0. The molecule has 0 bridgehead atoms. The molecule has 8 nitrogen and oxygen atoms in total. The van der Waals surface area contributed by atoms with Gasteiger partial charge in [0.25, 0.3) is 5.91 Å². The van der Waals surface area contributed by atoms with Crippen molar-refractivity contribution in [2.45, 2.75) is 6.42 Å². The van der Waals surface area contributed by atoms with E-state index in [1.54, 1.807) is 36.4 Å². The van der Waals surface area contributed by atoms with Crippen molar-refractivity contribution < 1.29 is 33.3 Å². The minimum atomic E-state index is -0.548. The Kier molecular flexibility index (Phi) is 7.95. The molecule has 0 saturated heterocycles. The summed E-state index contributed by atoms with van der Waals surface area (Å²) in [7, 11) is 4.55. The number of hydrogen-bond acceptors (Lipinski definition) is 7. The van der Waals surface area contributed by atoms with Gasteiger partial charge >= 0.3 is 5.97 Å². The summed E-state index contributed by atoms with van der Waals surface area (Å²) in [6.45, 7) is -0.305. The van der Waals surface area contributed by atoms with E-state index >= 15 is 0 Å². The number of anilines is 1. The van der Waals surface area contributed by atoms with Crippen LogP contribution >= 0.6 is 0 Å². The van der Waals surface area contributed by atoms with Crippen molar-refractivity contribution in [1.29, 1.82) is 0 Å². The molecule has 0 saturated carbocycles. The number of amides is 1. The maximum absolute atomic E-state index is 12.0. The molecule has 0 atom stereocenters. The second-order valence-electron chi connectivity index (χ2n) is 5.56. The van der Waals surface area contributed by atoms with Crippen molar-refractivity contribution >= 4 is 17.6 Å². The monoisotopic (exact) mass is 389 g/mol. The van der Waals surface area contributed by atoms with Crippen molar-refractivity contribution in [3.63, 3.8) is 0 Å². The van der Waals surface area contributed by atoms with Gasteiger partial charge < -0.3 is 29.0 Å². The maximum Gasteiger partial charge on any atom is 0.309 e. The Morgan fingerprint density at radius 1 is 0.893 bits per heavy atom. The van der Waals surface area contributed by atoms with E-state index in [0.717, 1.165) is 0 Å². The van der Waals surface area contributed by atoms with Gasteiger partial charge in [-0.05, 0) is 12.1 Å². The predicted octanol–water partition coefficient (Wildman–Crippen LogP) is 2.66. The van der Waals surface area contributed by atoms with Crippen LogP contribution in [-0.4, -0.2) is 46.4 Å². The number of methoxy groups -OCH3 is 3. The van der Waals surface area contributed by atoms with Gasteiger partial charge in [0.15, 0.2) is 18.1 Å². The third-order valence-electron chi connectivity index (χ3n) is 3.63. The Morgan fingerprint density at radius 2 is 1.54 bits per heavy atom. The molecule has 0 aromatic heterocycles. The summed E-state index contributed by atoms with van der Waals surface area (Å²) in [6.07, 6.45) is -0.00168. The maximum atomic E-state index is 12.0. The highest BCUT2D eigenvalue weighted by molar-refractivity contribution is 5.93. The molecule has 1 amide bonds. The van der Waals surface area contributed by atoms with Crippen LogP contribution in [-0.2, 0) is 14.3 Å². The van der Waals surface area contributed by atoms with Crippen LogP contribution in [0.5, 0.6) is 23.0 Å². The number of benzene rings is 2. The van der Waals surface area contributed by atoms with Crippen molar-refractivity contribution in [2.24, 2.45) is 0 Å². The molecule has 8 heteroatoms. The lowest BCUT2D eigenvalue weighted by Gasteiger charge is -2.11. The first-order valence-corrected chi connectivity index (χ1v) is 8.50. The molecule has 0 aliphatic carbocycles. The third-order valence-corrected chi connectivity index (χ3v) is 3.63. The second-order valence-corrected chi connectivity index (χ2v) is 5.56. The zero-order chi connectivity index (χ0) is 20.4. The molecule has 0 radical (unpaired) electrons. The molecular formula is C20H23NO7. The van der Waals surface area contributed by atoms with Gasteiger partial charge in [-0.1, -0.05) is 12.1 Å². The Hall–Kier alpha value is -3.42. The summed E-state index contributed by atoms with van der Waals surface area (Å²) in [4.78, 5) is 23.8. The summed E-state index contributed by atoms with van der Waals surface area (Å²) in [5.74, 6) is 1.13. The van der Waals surface area contributed by atoms with Crippen LogP contribution in [0.3, 0.4) is 0 Å². The SMILES string of the molecule is COc1cc(NC(=O)COC(=O)CCOc2ccccc2OC)cc(OC)c1. The van der Waals surface area contributed by atoms with Gasteiger partial charge in [0, 0.05) is 23.9 Å². The molecule has 150 valence electrons. The molecule has 2 rings (SSSR count). The Balaban J connectivity index is 1.76. The molecular weight excluding hydrogens is 366 g/mol. The zero-order valence-corrected chi connectivity index (χ0v) is 16.0. The average Bonchev–Trinajstić information content (AvgIpc) is 2.72. The first-order valence-electron chi connectivity index (χ1n) is 8.50. The normalized spacial score (nSPS) is 9.96. The molecule has 28 heavy (non-hydrogen) atoms. The van der Waals surface area contributed by atoms with Crippen molar-refractivity contribution in [3.8, 4) is 23.0 Å². The number of ether oxygens (including phenoxy) is 5. The summed E-state index contributed by atoms with van der Waals surface area (Å²) in [5, 5.41) is 2.62. The number of hydrogen-bond donors (Lipinski definition) is 1. The van der Waals surface area contributed by atoms with Crippen LogP contribution in [0.15, 0.2) is 42.5 Å². The molecule has 1 N–H and O–H groups in total. The number of para-hydroxylation sites is 2. The van der Waals surface area contributed by atoms with E-state index in [1.165, 1.54) is 21.3 Å². The van der Waals surface area contributed by atoms with Crippen LogP contribution in [0.1, 0.15) is 6.42 Å². The summed E-state index contributed by atoms with van der Waals surface area (Å²) < 4.78 is 25.9. The predicted molar refractivity (Wildman–Crippen MR) is 102 cm³/mol. The van der Waals surface area contributed by atoms with E-state index in [2.05, 4.69) is 5.32 Å². The van der Waals surface area contributed by atoms with Gasteiger partial charge in [0.2, 0.25) is 0 Å². The van der Waals surface area contributed by atoms with Gasteiger partial charge in [-0.2, -0.15) is 0 Å². The van der Waals surface area contributed by atoms with Crippen molar-refractivity contribution in [3.05, 3.63) is 42.5 Å². The molecule has 2 aromatic rings. The second kappa shape index (κ2) is 10.7. The van der Waals surface area contributed by atoms with E-state index < -0.39 is 18.5 Å². The van der Waals surface area contributed by atoms with Crippen molar-refractivity contribution in [1.82, 2.24) is 0 Å². The van der Waals surface area contributed by atoms with Crippen LogP contribution < -0.4 is 24.3 Å². The highest BCUT2D eigenvalue weighted by Crippen LogP contribution is 2.26. The lowest BCUT2D eigenvalue weighted by molar-refractivity contribution is -0.147. The topological polar surface area (TPSA) is 92.3 Å². The van der Waals surface area contributed by atoms with Crippen LogP contribution in [0, 0.1) is 0 Å². The number of esters is 1. The first kappa shape index (κ1) is 20.9. The number of nitrogens with one attached hydrogen (secondary N) is 1. The van der Waals surface area contributed by atoms with E-state index in [4.69, 9.17) is 23.7 Å². The smallest absolute Gasteiger partial charge is 0.309 e. The molecule has 0 heterocycles. The molecule has 0 aliphatic heterocycles. The van der Waals surface area contributed by atoms with Crippen LogP contribution in [0.25, 0.3) is 0 Å². The standard InChI is InChI=1S/C20H23NO7/c1-24-15-10-14(11-16(12-15)25-2)21-19(22)13-28-20(23)8-9-27-18-7-5-4-6-17(18)26-3/h4-7,10-12H,8-9,13H2,1-3H3,(H,21,22). The minimum absolute atomic E-state index is 0.00168. The van der Waals surface area contributed by atoms with Gasteiger partial charge in [-0.3, -0.25) is 9.59 Å². The lowest BCUT2D eigenvalue weighted by Crippen LogP contribution is -2.21. The molecule has 0 unspecified atom stereocenters. The number of carbonyl (C=O) groups is 2. The number of rotatable bonds is 10. The fourth-order valence-electron chi connectivity index (χ4n) is 2.28. The molecule has 0 aliphatic rings. The Bertz CT molecular complexity index is 785. The Labute approximate surface area is 163 Å². The molecule has 0 spiro atoms. The van der Waals surface area contributed by atoms with Gasteiger partial charge in [0.1, 0.15) is 11.5 Å². The Morgan fingerprint density at radius 3 is 2.14 bits per heavy atom. The summed E-state index contributed by atoms with van der Waals surface area (Å²) in [6, 6.07) is 12.0. The van der Waals surface area contributed by atoms with E-state index in [1.807, 2.05) is 6.07 Å². The fraction of sp³-hybridized carbons (Fsp3) is 0.300. The highest BCUT2D eigenvalue weighted by atomic mass is 16.5. The third kappa shape index (κ3) is 6.39. The first-order chi connectivity index (χ1) is 13.5. The van der Waals surface area contributed by atoms with Crippen LogP contribution in [0.2, 0.25) is 0 Å². The van der Waals surface area contributed by atoms with Gasteiger partial charge in [-0.25, -0.2) is 0 Å². The number of carbonyl (C=O) groups excluding carboxylic acids is 2. The van der Waals surface area contributed by atoms with E-state index in [0.29, 0.717) is 28.7 Å². The highest BCUT2D eigenvalue weighted by Gasteiger charge is 2.11. The van der Waals surface area contributed by atoms with Gasteiger partial charge in [-0.15, -0.1) is 0 Å². The molecule has 2 aromatic carbocycles. The summed E-state index contributed by atoms with van der Waals surface area (Å²) in [5.41, 5.74) is 0.469. The largest absolute Gasteiger partial charge is 0.497 e. The van der Waals surface area contributed by atoms with E-state index in [-0.39, 0.29) is 13.0 Å². The quantitative estimate of drug-likeness (QED) is 0.625. The minimum Gasteiger partial charge on any atom is -0.497 e. The lowest BCUT2D eigenvalue weighted by atomic mass is 10.2. The average molecular weight is 389 g/mol. The fourth-order valence-corrected chi connectivity index (χ4v) is 2.28. The van der Waals surface area contributed by atoms with Gasteiger partial charge in [0.05, 0.1) is 34.4 Å². The van der Waals surface area contributed by atoms with Crippen molar-refractivity contribution in [2.75, 3.05) is 39.9 Å². The van der Waals surface area contributed by atoms with Crippen LogP contribution in [0.4, 0.5) is 5.69 Å².